The maximum atomic E-state index is 12.7. The van der Waals surface area contributed by atoms with Gasteiger partial charge >= 0.3 is 0 Å². The Hall–Kier alpha value is -0.280. The van der Waals surface area contributed by atoms with Gasteiger partial charge < -0.3 is 10.2 Å². The third kappa shape index (κ3) is 3.56. The summed E-state index contributed by atoms with van der Waals surface area (Å²) >= 11 is 0. The van der Waals surface area contributed by atoms with Crippen LogP contribution in [0.5, 0.6) is 0 Å². The summed E-state index contributed by atoms with van der Waals surface area (Å²) in [6, 6.07) is 0.577. The number of piperidine rings is 1. The lowest BCUT2D eigenvalue weighted by atomic mass is 9.54. The van der Waals surface area contributed by atoms with Gasteiger partial charge in [-0.25, -0.2) is 0 Å². The number of nitrogens with one attached hydrogen (secondary N) is 1. The van der Waals surface area contributed by atoms with E-state index in [1.54, 1.807) is 0 Å². The Morgan fingerprint density at radius 2 is 1.57 bits per heavy atom. The minimum Gasteiger partial charge on any atom is -0.342 e. The molecule has 4 aliphatic carbocycles. The maximum absolute atomic E-state index is 12.7. The molecule has 1 amide bonds. The molecule has 0 spiro atoms. The summed E-state index contributed by atoms with van der Waals surface area (Å²) in [7, 11) is 2.11. The average molecular weight is 341 g/mol. The molecule has 23 heavy (non-hydrogen) atoms. The summed E-state index contributed by atoms with van der Waals surface area (Å²) in [6.07, 6.45) is 11.5. The van der Waals surface area contributed by atoms with E-state index in [9.17, 15) is 4.79 Å². The molecule has 3 nitrogen and oxygen atoms in total. The Morgan fingerprint density at radius 1 is 1.00 bits per heavy atom. The highest BCUT2D eigenvalue weighted by Crippen LogP contribution is 2.55. The Morgan fingerprint density at radius 3 is 2.13 bits per heavy atom. The number of hydrogen-bond acceptors (Lipinski definition) is 2. The van der Waals surface area contributed by atoms with Crippen molar-refractivity contribution in [3.05, 3.63) is 0 Å². The number of amides is 1. The number of carbonyl (C=O) groups is 1. The number of hydrogen-bond donors (Lipinski definition) is 1. The van der Waals surface area contributed by atoms with Crippen molar-refractivity contribution in [3.8, 4) is 0 Å². The summed E-state index contributed by atoms with van der Waals surface area (Å²) in [5.74, 6) is 4.84. The normalized spacial score (nSPS) is 39.1. The first-order valence-electron chi connectivity index (χ1n) is 9.67. The van der Waals surface area contributed by atoms with E-state index in [1.165, 1.54) is 44.9 Å². The smallest absolute Gasteiger partial charge is 0.222 e. The van der Waals surface area contributed by atoms with E-state index in [0.29, 0.717) is 11.9 Å². The molecule has 5 aliphatic rings. The molecule has 1 heterocycles. The van der Waals surface area contributed by atoms with Gasteiger partial charge in [0.2, 0.25) is 5.91 Å². The van der Waals surface area contributed by atoms with Crippen molar-refractivity contribution in [3.63, 3.8) is 0 Å². The highest BCUT2D eigenvalue weighted by Gasteiger charge is 2.50. The molecule has 5 fully saturated rings. The fourth-order valence-electron chi connectivity index (χ4n) is 6.37. The molecule has 0 atom stereocenters. The minimum absolute atomic E-state index is 0. The van der Waals surface area contributed by atoms with Gasteiger partial charge in [0.05, 0.1) is 0 Å². The van der Waals surface area contributed by atoms with Crippen LogP contribution >= 0.6 is 12.4 Å². The second kappa shape index (κ2) is 7.31. The van der Waals surface area contributed by atoms with E-state index in [2.05, 4.69) is 17.3 Å². The summed E-state index contributed by atoms with van der Waals surface area (Å²) in [5, 5.41) is 3.42. The number of carbonyl (C=O) groups excluding carboxylic acids is 1. The highest BCUT2D eigenvalue weighted by atomic mass is 35.5. The van der Waals surface area contributed by atoms with Gasteiger partial charge in [-0.3, -0.25) is 4.79 Å². The molecular formula is C19H33ClN2O. The Labute approximate surface area is 147 Å². The van der Waals surface area contributed by atoms with E-state index in [1.807, 2.05) is 0 Å². The Kier molecular flexibility index (Phi) is 5.57. The van der Waals surface area contributed by atoms with Crippen LogP contribution in [-0.4, -0.2) is 37.0 Å². The Bertz CT molecular complexity index is 394. The zero-order chi connectivity index (χ0) is 15.1. The largest absolute Gasteiger partial charge is 0.342 e. The van der Waals surface area contributed by atoms with Gasteiger partial charge in [0.1, 0.15) is 0 Å². The molecule has 4 bridgehead atoms. The molecule has 132 valence electrons. The molecule has 0 radical (unpaired) electrons. The quantitative estimate of drug-likeness (QED) is 0.849. The van der Waals surface area contributed by atoms with Gasteiger partial charge in [-0.15, -0.1) is 12.4 Å². The number of halogens is 1. The molecule has 0 aromatic heterocycles. The standard InChI is InChI=1S/C19H32N2O.ClH/c1-21(18(22)3-2-13-4-6-20-7-5-13)19-16-9-14-8-15(11-16)12-17(19)10-14;/h13-17,19-20H,2-12H2,1H3;1H. The predicted molar refractivity (Wildman–Crippen MR) is 95.7 cm³/mol. The lowest BCUT2D eigenvalue weighted by Crippen LogP contribution is -2.56. The van der Waals surface area contributed by atoms with Gasteiger partial charge in [-0.2, -0.15) is 0 Å². The van der Waals surface area contributed by atoms with E-state index in [4.69, 9.17) is 0 Å². The zero-order valence-electron chi connectivity index (χ0n) is 14.5. The average Bonchev–Trinajstić information content (AvgIpc) is 2.52. The van der Waals surface area contributed by atoms with E-state index in [0.717, 1.165) is 55.5 Å². The molecule has 0 unspecified atom stereocenters. The lowest BCUT2D eigenvalue weighted by molar-refractivity contribution is -0.141. The second-order valence-electron chi connectivity index (χ2n) is 8.66. The first-order chi connectivity index (χ1) is 10.7. The molecule has 5 rings (SSSR count). The summed E-state index contributed by atoms with van der Waals surface area (Å²) < 4.78 is 0. The fourth-order valence-corrected chi connectivity index (χ4v) is 6.37. The monoisotopic (exact) mass is 340 g/mol. The third-order valence-corrected chi connectivity index (χ3v) is 7.24. The van der Waals surface area contributed by atoms with Crippen LogP contribution in [-0.2, 0) is 4.79 Å². The summed E-state index contributed by atoms with van der Waals surface area (Å²) in [6.45, 7) is 2.29. The third-order valence-electron chi connectivity index (χ3n) is 7.24. The van der Waals surface area contributed by atoms with Crippen molar-refractivity contribution in [2.24, 2.45) is 29.6 Å². The van der Waals surface area contributed by atoms with Crippen molar-refractivity contribution in [1.29, 1.82) is 0 Å². The van der Waals surface area contributed by atoms with Crippen LogP contribution in [0, 0.1) is 29.6 Å². The molecule has 1 aliphatic heterocycles. The minimum atomic E-state index is 0. The van der Waals surface area contributed by atoms with E-state index >= 15 is 0 Å². The van der Waals surface area contributed by atoms with Gasteiger partial charge in [-0.1, -0.05) is 0 Å². The lowest BCUT2D eigenvalue weighted by Gasteiger charge is -2.56. The van der Waals surface area contributed by atoms with Gasteiger partial charge in [0, 0.05) is 19.5 Å². The Balaban J connectivity index is 0.00000156. The topological polar surface area (TPSA) is 32.3 Å². The zero-order valence-corrected chi connectivity index (χ0v) is 15.3. The van der Waals surface area contributed by atoms with Gasteiger partial charge in [0.15, 0.2) is 0 Å². The molecule has 4 heteroatoms. The number of rotatable bonds is 4. The highest BCUT2D eigenvalue weighted by molar-refractivity contribution is 5.85. The molecule has 0 aromatic rings. The molecular weight excluding hydrogens is 308 g/mol. The van der Waals surface area contributed by atoms with Gasteiger partial charge in [0.25, 0.3) is 0 Å². The number of nitrogens with zero attached hydrogens (tertiary/aromatic N) is 1. The van der Waals surface area contributed by atoms with Crippen LogP contribution in [0.25, 0.3) is 0 Å². The van der Waals surface area contributed by atoms with Crippen molar-refractivity contribution in [2.45, 2.75) is 63.8 Å². The van der Waals surface area contributed by atoms with Crippen molar-refractivity contribution in [1.82, 2.24) is 10.2 Å². The summed E-state index contributed by atoms with van der Waals surface area (Å²) in [4.78, 5) is 14.9. The van der Waals surface area contributed by atoms with Crippen LogP contribution in [0.1, 0.15) is 57.8 Å². The van der Waals surface area contributed by atoms with E-state index in [-0.39, 0.29) is 12.4 Å². The van der Waals surface area contributed by atoms with Crippen LogP contribution < -0.4 is 5.32 Å². The fraction of sp³-hybridized carbons (Fsp3) is 0.947. The first-order valence-corrected chi connectivity index (χ1v) is 9.67. The van der Waals surface area contributed by atoms with E-state index < -0.39 is 0 Å². The molecule has 1 saturated heterocycles. The van der Waals surface area contributed by atoms with Crippen molar-refractivity contribution < 1.29 is 4.79 Å². The molecule has 1 N–H and O–H groups in total. The maximum Gasteiger partial charge on any atom is 0.222 e. The SMILES string of the molecule is CN(C(=O)CCC1CCNCC1)C1C2CC3CC(C2)CC1C3.Cl. The molecule has 4 saturated carbocycles. The second-order valence-corrected chi connectivity index (χ2v) is 8.66. The first kappa shape index (κ1) is 17.5. The van der Waals surface area contributed by atoms with Crippen LogP contribution in [0.3, 0.4) is 0 Å². The van der Waals surface area contributed by atoms with Crippen molar-refractivity contribution in [2.75, 3.05) is 20.1 Å². The van der Waals surface area contributed by atoms with Crippen LogP contribution in [0.2, 0.25) is 0 Å². The summed E-state index contributed by atoms with van der Waals surface area (Å²) in [5.41, 5.74) is 0. The van der Waals surface area contributed by atoms with Crippen LogP contribution in [0.15, 0.2) is 0 Å². The van der Waals surface area contributed by atoms with Crippen molar-refractivity contribution >= 4 is 18.3 Å². The van der Waals surface area contributed by atoms with Gasteiger partial charge in [-0.05, 0) is 94.0 Å². The van der Waals surface area contributed by atoms with Crippen LogP contribution in [0.4, 0.5) is 0 Å². The molecule has 0 aromatic carbocycles. The predicted octanol–water partition coefficient (Wildman–Crippen LogP) is 3.47.